The second-order valence-electron chi connectivity index (χ2n) is 6.99. The van der Waals surface area contributed by atoms with Gasteiger partial charge in [0.15, 0.2) is 0 Å². The van der Waals surface area contributed by atoms with Gasteiger partial charge in [-0.1, -0.05) is 0 Å². The van der Waals surface area contributed by atoms with Gasteiger partial charge in [-0.3, -0.25) is 0 Å². The zero-order valence-electron chi connectivity index (χ0n) is 13.4. The Kier molecular flexibility index (Phi) is 7.18. The molecule has 0 spiro atoms. The van der Waals surface area contributed by atoms with Gasteiger partial charge in [0, 0.05) is 0 Å². The van der Waals surface area contributed by atoms with Crippen molar-refractivity contribution in [2.75, 3.05) is 0 Å². The van der Waals surface area contributed by atoms with Crippen LogP contribution >= 0.6 is 7.82 Å². The number of hydrogen-bond acceptors (Lipinski definition) is 1. The molecule has 1 rings (SSSR count). The molecule has 0 heterocycles. The molecule has 0 aliphatic carbocycles. The van der Waals surface area contributed by atoms with Crippen molar-refractivity contribution in [1.82, 2.24) is 0 Å². The Bertz CT molecular complexity index is 454. The molecule has 4 nitrogen and oxygen atoms in total. The van der Waals surface area contributed by atoms with Crippen LogP contribution in [0.1, 0.15) is 52.7 Å². The summed E-state index contributed by atoms with van der Waals surface area (Å²) in [5.74, 6) is 0. The quantitative estimate of drug-likeness (QED) is 0.507. The van der Waals surface area contributed by atoms with Gasteiger partial charge in [-0.25, -0.2) is 4.57 Å². The topological polar surface area (TPSA) is 77.8 Å². The van der Waals surface area contributed by atoms with Crippen LogP contribution in [-0.2, 0) is 15.4 Å². The minimum absolute atomic E-state index is 0.276. The molecule has 110 valence electrons. The molecule has 0 amide bonds. The normalized spacial score (nSPS) is 12.8. The van der Waals surface area contributed by atoms with Crippen LogP contribution in [0.25, 0.3) is 0 Å². The van der Waals surface area contributed by atoms with Crippen LogP contribution < -0.4 is 2.81 Å². The first-order chi connectivity index (χ1) is 8.64. The van der Waals surface area contributed by atoms with Crippen molar-refractivity contribution in [2.45, 2.75) is 52.4 Å². The predicted octanol–water partition coefficient (Wildman–Crippen LogP) is 2.15. The zero-order chi connectivity index (χ0) is 16.4. The second-order valence-corrected chi connectivity index (χ2v) is 9.02. The molecule has 0 saturated heterocycles. The molecule has 1 aromatic carbocycles. The van der Waals surface area contributed by atoms with Crippen molar-refractivity contribution in [3.63, 3.8) is 0 Å². The van der Waals surface area contributed by atoms with Crippen LogP contribution in [0, 0.1) is 0 Å². The van der Waals surface area contributed by atoms with Crippen molar-refractivity contribution in [2.24, 2.45) is 0 Å². The maximum Gasteiger partial charge on any atom is 0.466 e. The summed E-state index contributed by atoms with van der Waals surface area (Å²) < 4.78 is 10.5. The maximum absolute atomic E-state index is 8.88. The first-order valence-corrected chi connectivity index (χ1v) is 9.09. The van der Waals surface area contributed by atoms with E-state index in [0.29, 0.717) is 0 Å². The molecule has 0 aliphatic heterocycles. The summed E-state index contributed by atoms with van der Waals surface area (Å²) in [6.07, 6.45) is 0. The number of benzene rings is 1. The largest absolute Gasteiger partial charge is 0.466 e. The van der Waals surface area contributed by atoms with Crippen molar-refractivity contribution in [3.05, 3.63) is 29.3 Å². The fraction of sp³-hybridized carbons (Fsp3) is 0.571. The van der Waals surface area contributed by atoms with E-state index in [-0.39, 0.29) is 10.8 Å². The van der Waals surface area contributed by atoms with Crippen molar-refractivity contribution in [3.8, 4) is 0 Å². The van der Waals surface area contributed by atoms with E-state index in [2.05, 4.69) is 59.7 Å². The van der Waals surface area contributed by atoms with Gasteiger partial charge in [-0.2, -0.15) is 0 Å². The zero-order valence-corrected chi connectivity index (χ0v) is 16.3. The van der Waals surface area contributed by atoms with Gasteiger partial charge >= 0.3 is 120 Å². The summed E-state index contributed by atoms with van der Waals surface area (Å²) in [4.78, 5) is 21.6. The van der Waals surface area contributed by atoms with E-state index < -0.39 is 7.82 Å². The van der Waals surface area contributed by atoms with Crippen LogP contribution in [0.3, 0.4) is 0 Å². The summed E-state index contributed by atoms with van der Waals surface area (Å²) >= 11 is 1.14. The molecular formula is C14H24NaO4P. The third-order valence-corrected chi connectivity index (χ3v) is 4.03. The molecule has 0 aromatic heterocycles. The first-order valence-electron chi connectivity index (χ1n) is 6.53. The summed E-state index contributed by atoms with van der Waals surface area (Å²) in [6, 6.07) is 6.79. The van der Waals surface area contributed by atoms with Crippen molar-refractivity contribution in [1.29, 1.82) is 0 Å². The second kappa shape index (κ2) is 7.06. The maximum atomic E-state index is 8.88. The average molecular weight is 310 g/mol. The van der Waals surface area contributed by atoms with Gasteiger partial charge in [0.1, 0.15) is 0 Å². The first kappa shape index (κ1) is 20.3. The molecule has 0 unspecified atom stereocenters. The summed E-state index contributed by atoms with van der Waals surface area (Å²) in [5, 5.41) is 0. The van der Waals surface area contributed by atoms with Crippen LogP contribution in [0.15, 0.2) is 18.2 Å². The Hall–Kier alpha value is 0.330. The standard InChI is InChI=1S/C14H21.Na.H3O4P/c1-13(2,3)11-8-7-9-12(10-11)14(4,5)6;;1-5(2,3)4/h7-9H,1-6H3;;(H3,1,2,3,4). The molecule has 20 heavy (non-hydrogen) atoms. The molecule has 3 N–H and O–H groups in total. The van der Waals surface area contributed by atoms with E-state index in [1.165, 1.54) is 11.1 Å². The average Bonchev–Trinajstić information content (AvgIpc) is 2.11. The van der Waals surface area contributed by atoms with Crippen molar-refractivity contribution >= 4 is 38.6 Å². The smallest absolute Gasteiger partial charge is 0.303 e. The molecule has 0 atom stereocenters. The molecule has 6 heteroatoms. The van der Waals surface area contributed by atoms with Crippen LogP contribution in [0.5, 0.6) is 0 Å². The van der Waals surface area contributed by atoms with E-state index in [1.807, 2.05) is 0 Å². The monoisotopic (exact) mass is 310 g/mol. The SMILES string of the molecule is CC(C)(C)c1cccc(C(C)(C)C)[c]1[Na].O=P(O)(O)O. The molecule has 0 radical (unpaired) electrons. The van der Waals surface area contributed by atoms with Gasteiger partial charge in [0.2, 0.25) is 0 Å². The summed E-state index contributed by atoms with van der Waals surface area (Å²) in [5.41, 5.74) is 3.61. The fourth-order valence-electron chi connectivity index (χ4n) is 2.26. The van der Waals surface area contributed by atoms with Crippen LogP contribution in [0.2, 0.25) is 0 Å². The van der Waals surface area contributed by atoms with E-state index in [0.717, 1.165) is 27.9 Å². The van der Waals surface area contributed by atoms with Crippen LogP contribution in [-0.4, -0.2) is 42.6 Å². The Morgan fingerprint density at radius 1 is 0.900 bits per heavy atom. The van der Waals surface area contributed by atoms with Gasteiger partial charge in [-0.15, -0.1) is 0 Å². The Balaban J connectivity index is 0.000000621. The Morgan fingerprint density at radius 2 is 1.15 bits per heavy atom. The van der Waals surface area contributed by atoms with E-state index in [4.69, 9.17) is 19.2 Å². The van der Waals surface area contributed by atoms with Gasteiger partial charge in [-0.05, 0) is 0 Å². The summed E-state index contributed by atoms with van der Waals surface area (Å²) in [6.45, 7) is 13.8. The molecular weight excluding hydrogens is 286 g/mol. The molecule has 0 saturated carbocycles. The van der Waals surface area contributed by atoms with E-state index in [1.54, 1.807) is 2.81 Å². The van der Waals surface area contributed by atoms with Gasteiger partial charge < -0.3 is 14.7 Å². The minimum atomic E-state index is -4.64. The fourth-order valence-corrected chi connectivity index (χ4v) is 4.09. The molecule has 0 aliphatic rings. The van der Waals surface area contributed by atoms with Crippen molar-refractivity contribution < 1.29 is 19.2 Å². The summed E-state index contributed by atoms with van der Waals surface area (Å²) in [7, 11) is -4.64. The van der Waals surface area contributed by atoms with E-state index in [9.17, 15) is 0 Å². The molecule has 0 fully saturated rings. The Labute approximate surface area is 139 Å². The van der Waals surface area contributed by atoms with Gasteiger partial charge in [0.25, 0.3) is 0 Å². The third-order valence-electron chi connectivity index (χ3n) is 2.95. The molecule has 1 aromatic rings. The minimum Gasteiger partial charge on any atom is -0.303 e. The van der Waals surface area contributed by atoms with E-state index >= 15 is 0 Å². The Morgan fingerprint density at radius 3 is 1.35 bits per heavy atom. The number of hydrogen-bond donors (Lipinski definition) is 3. The number of rotatable bonds is 0. The van der Waals surface area contributed by atoms with Crippen LogP contribution in [0.4, 0.5) is 0 Å². The molecule has 0 bridgehead atoms. The predicted molar refractivity (Wildman–Crippen MR) is 83.5 cm³/mol. The third kappa shape index (κ3) is 7.94. The number of phosphoric acid groups is 1. The van der Waals surface area contributed by atoms with Gasteiger partial charge in [0.05, 0.1) is 0 Å².